The van der Waals surface area contributed by atoms with E-state index in [1.165, 1.54) is 4.57 Å². The highest BCUT2D eigenvalue weighted by molar-refractivity contribution is 5.81. The lowest BCUT2D eigenvalue weighted by Crippen LogP contribution is -2.39. The maximum absolute atomic E-state index is 12.4. The maximum atomic E-state index is 12.4. The molecular formula is C23H24N4O3. The second-order valence-corrected chi connectivity index (χ2v) is 7.97. The van der Waals surface area contributed by atoms with Crippen molar-refractivity contribution in [3.63, 3.8) is 0 Å². The summed E-state index contributed by atoms with van der Waals surface area (Å²) >= 11 is 0. The van der Waals surface area contributed by atoms with Crippen LogP contribution in [0.2, 0.25) is 0 Å². The van der Waals surface area contributed by atoms with Crippen molar-refractivity contribution in [3.8, 4) is 17.2 Å². The third-order valence-electron chi connectivity index (χ3n) is 5.83. The molecule has 3 N–H and O–H groups in total. The number of hydrogen-bond acceptors (Lipinski definition) is 5. The fraction of sp³-hybridized carbons (Fsp3) is 0.348. The van der Waals surface area contributed by atoms with Gasteiger partial charge in [-0.15, -0.1) is 0 Å². The van der Waals surface area contributed by atoms with Gasteiger partial charge in [-0.05, 0) is 48.1 Å². The van der Waals surface area contributed by atoms with Gasteiger partial charge in [0, 0.05) is 25.4 Å². The standard InChI is InChI=1S/C23H24N4O3/c1-27-20-12-16(7-9-21(20)30-23(27)29)15-4-2-14(3-5-15)10-19(13-24)26-22(28)17-6-8-18(25)11-17/h2-5,7,9,12,17-19H,6,8,10-11,25H2,1H3,(H,26,28). The number of carbonyl (C=O) groups is 1. The van der Waals surface area contributed by atoms with Crippen LogP contribution in [-0.2, 0) is 18.3 Å². The number of hydrogen-bond donors (Lipinski definition) is 2. The Bertz CT molecular complexity index is 1170. The Hall–Kier alpha value is -3.37. The van der Waals surface area contributed by atoms with Crippen molar-refractivity contribution in [1.82, 2.24) is 9.88 Å². The molecule has 4 rings (SSSR count). The molecule has 1 aliphatic carbocycles. The van der Waals surface area contributed by atoms with Gasteiger partial charge in [0.1, 0.15) is 6.04 Å². The molecule has 3 unspecified atom stereocenters. The molecule has 7 heteroatoms. The van der Waals surface area contributed by atoms with Crippen LogP contribution >= 0.6 is 0 Å². The number of benzene rings is 2. The van der Waals surface area contributed by atoms with Crippen molar-refractivity contribution < 1.29 is 9.21 Å². The van der Waals surface area contributed by atoms with E-state index in [1.807, 2.05) is 36.4 Å². The van der Waals surface area contributed by atoms with Crippen molar-refractivity contribution in [3.05, 3.63) is 58.6 Å². The minimum absolute atomic E-state index is 0.0786. The third-order valence-corrected chi connectivity index (χ3v) is 5.83. The Kier molecular flexibility index (Phi) is 5.42. The van der Waals surface area contributed by atoms with Crippen molar-refractivity contribution in [2.75, 3.05) is 0 Å². The summed E-state index contributed by atoms with van der Waals surface area (Å²) in [6.45, 7) is 0. The van der Waals surface area contributed by atoms with Crippen LogP contribution in [0.15, 0.2) is 51.7 Å². The Morgan fingerprint density at radius 1 is 1.27 bits per heavy atom. The molecule has 7 nitrogen and oxygen atoms in total. The van der Waals surface area contributed by atoms with Gasteiger partial charge >= 0.3 is 5.76 Å². The summed E-state index contributed by atoms with van der Waals surface area (Å²) in [7, 11) is 1.68. The van der Waals surface area contributed by atoms with Gasteiger partial charge in [0.25, 0.3) is 0 Å². The van der Waals surface area contributed by atoms with Crippen LogP contribution in [0.4, 0.5) is 0 Å². The molecule has 1 saturated carbocycles. The Morgan fingerprint density at radius 3 is 2.67 bits per heavy atom. The predicted molar refractivity (Wildman–Crippen MR) is 113 cm³/mol. The molecule has 1 fully saturated rings. The smallest absolute Gasteiger partial charge is 0.408 e. The molecule has 1 amide bonds. The topological polar surface area (TPSA) is 114 Å². The van der Waals surface area contributed by atoms with E-state index in [2.05, 4.69) is 11.4 Å². The van der Waals surface area contributed by atoms with E-state index < -0.39 is 6.04 Å². The molecule has 0 bridgehead atoms. The zero-order valence-electron chi connectivity index (χ0n) is 16.8. The summed E-state index contributed by atoms with van der Waals surface area (Å²) in [4.78, 5) is 24.0. The van der Waals surface area contributed by atoms with Crippen LogP contribution in [0, 0.1) is 17.2 Å². The first-order chi connectivity index (χ1) is 14.4. The highest BCUT2D eigenvalue weighted by Crippen LogP contribution is 2.26. The van der Waals surface area contributed by atoms with E-state index in [-0.39, 0.29) is 23.6 Å². The van der Waals surface area contributed by atoms with E-state index in [0.29, 0.717) is 18.4 Å². The number of nitrogens with one attached hydrogen (secondary N) is 1. The number of amides is 1. The summed E-state index contributed by atoms with van der Waals surface area (Å²) in [6, 6.07) is 15.2. The van der Waals surface area contributed by atoms with E-state index in [0.717, 1.165) is 35.0 Å². The summed E-state index contributed by atoms with van der Waals surface area (Å²) in [5.41, 5.74) is 10.1. The number of nitrogens with two attached hydrogens (primary N) is 1. The molecular weight excluding hydrogens is 380 g/mol. The quantitative estimate of drug-likeness (QED) is 0.678. The Labute approximate surface area is 174 Å². The SMILES string of the molecule is Cn1c(=O)oc2ccc(-c3ccc(CC(C#N)NC(=O)C4CCC(N)C4)cc3)cc21. The van der Waals surface area contributed by atoms with Crippen molar-refractivity contribution >= 4 is 17.0 Å². The Balaban J connectivity index is 1.45. The lowest BCUT2D eigenvalue weighted by Gasteiger charge is -2.15. The first-order valence-corrected chi connectivity index (χ1v) is 10.1. The highest BCUT2D eigenvalue weighted by atomic mass is 16.4. The maximum Gasteiger partial charge on any atom is 0.419 e. The van der Waals surface area contributed by atoms with Crippen LogP contribution in [0.1, 0.15) is 24.8 Å². The van der Waals surface area contributed by atoms with Crippen LogP contribution in [0.3, 0.4) is 0 Å². The molecule has 1 aromatic heterocycles. The van der Waals surface area contributed by atoms with Gasteiger partial charge in [0.05, 0.1) is 11.6 Å². The van der Waals surface area contributed by atoms with Crippen molar-refractivity contribution in [2.45, 2.75) is 37.8 Å². The first kappa shape index (κ1) is 19.9. The average Bonchev–Trinajstić information content (AvgIpc) is 3.31. The molecule has 1 aliphatic rings. The molecule has 0 radical (unpaired) electrons. The van der Waals surface area contributed by atoms with Crippen LogP contribution in [-0.4, -0.2) is 22.6 Å². The molecule has 0 saturated heterocycles. The fourth-order valence-electron chi connectivity index (χ4n) is 4.05. The van der Waals surface area contributed by atoms with Crippen molar-refractivity contribution in [2.24, 2.45) is 18.7 Å². The van der Waals surface area contributed by atoms with Gasteiger partial charge in [0.15, 0.2) is 5.58 Å². The molecule has 3 atom stereocenters. The van der Waals surface area contributed by atoms with Gasteiger partial charge in [-0.1, -0.05) is 30.3 Å². The van der Waals surface area contributed by atoms with E-state index in [4.69, 9.17) is 10.2 Å². The second-order valence-electron chi connectivity index (χ2n) is 7.97. The van der Waals surface area contributed by atoms with Crippen molar-refractivity contribution in [1.29, 1.82) is 5.26 Å². The number of nitriles is 1. The average molecular weight is 404 g/mol. The molecule has 3 aromatic rings. The number of oxazole rings is 1. The minimum Gasteiger partial charge on any atom is -0.408 e. The number of fused-ring (bicyclic) bond motifs is 1. The summed E-state index contributed by atoms with van der Waals surface area (Å²) in [6.07, 6.45) is 2.77. The third kappa shape index (κ3) is 4.00. The number of rotatable bonds is 5. The first-order valence-electron chi connectivity index (χ1n) is 10.1. The van der Waals surface area contributed by atoms with Gasteiger partial charge in [-0.25, -0.2) is 4.79 Å². The number of nitrogens with zero attached hydrogens (tertiary/aromatic N) is 2. The van der Waals surface area contributed by atoms with Gasteiger partial charge in [-0.2, -0.15) is 5.26 Å². The molecule has 2 aromatic carbocycles. The van der Waals surface area contributed by atoms with Crippen LogP contribution < -0.4 is 16.8 Å². The Morgan fingerprint density at radius 2 is 2.00 bits per heavy atom. The van der Waals surface area contributed by atoms with Gasteiger partial charge < -0.3 is 15.5 Å². The van der Waals surface area contributed by atoms with E-state index >= 15 is 0 Å². The minimum atomic E-state index is -0.572. The largest absolute Gasteiger partial charge is 0.419 e. The molecule has 154 valence electrons. The number of aryl methyl sites for hydroxylation is 1. The summed E-state index contributed by atoms with van der Waals surface area (Å²) in [5.74, 6) is -0.557. The highest BCUT2D eigenvalue weighted by Gasteiger charge is 2.29. The fourth-order valence-corrected chi connectivity index (χ4v) is 4.05. The molecule has 0 aliphatic heterocycles. The molecule has 30 heavy (non-hydrogen) atoms. The number of carbonyl (C=O) groups excluding carboxylic acids is 1. The second kappa shape index (κ2) is 8.17. The zero-order chi connectivity index (χ0) is 21.3. The molecule has 1 heterocycles. The lowest BCUT2D eigenvalue weighted by atomic mass is 10.00. The summed E-state index contributed by atoms with van der Waals surface area (Å²) < 4.78 is 6.65. The molecule has 0 spiro atoms. The zero-order valence-corrected chi connectivity index (χ0v) is 16.8. The summed E-state index contributed by atoms with van der Waals surface area (Å²) in [5, 5.41) is 12.3. The lowest BCUT2D eigenvalue weighted by molar-refractivity contribution is -0.125. The van der Waals surface area contributed by atoms with E-state index in [9.17, 15) is 14.9 Å². The van der Waals surface area contributed by atoms with Crippen LogP contribution in [0.25, 0.3) is 22.2 Å². The number of aromatic nitrogens is 1. The van der Waals surface area contributed by atoms with E-state index in [1.54, 1.807) is 13.1 Å². The van der Waals surface area contributed by atoms with Gasteiger partial charge in [0.2, 0.25) is 5.91 Å². The normalized spacial score (nSPS) is 19.5. The van der Waals surface area contributed by atoms with Crippen LogP contribution in [0.5, 0.6) is 0 Å². The predicted octanol–water partition coefficient (Wildman–Crippen LogP) is 2.48. The van der Waals surface area contributed by atoms with Gasteiger partial charge in [-0.3, -0.25) is 9.36 Å². The monoisotopic (exact) mass is 404 g/mol.